The Labute approximate surface area is 51.7 Å². The van der Waals surface area contributed by atoms with Gasteiger partial charge in [0.15, 0.2) is 0 Å². The van der Waals surface area contributed by atoms with Crippen molar-refractivity contribution >= 4 is 0 Å². The molecule has 0 saturated heterocycles. The Bertz CT molecular complexity index is 61.3. The van der Waals surface area contributed by atoms with Gasteiger partial charge in [0.05, 0.1) is 6.10 Å². The van der Waals surface area contributed by atoms with Gasteiger partial charge in [-0.05, 0) is 11.8 Å². The lowest BCUT2D eigenvalue weighted by molar-refractivity contribution is 0.0600. The SMILES string of the molecule is CC[C@@H](O)C(C)(C)C. The highest BCUT2D eigenvalue weighted by Gasteiger charge is 2.19. The van der Waals surface area contributed by atoms with Gasteiger partial charge in [0.25, 0.3) is 0 Å². The van der Waals surface area contributed by atoms with Gasteiger partial charge >= 0.3 is 0 Å². The molecule has 0 aromatic carbocycles. The van der Waals surface area contributed by atoms with Crippen LogP contribution in [0.1, 0.15) is 34.1 Å². The van der Waals surface area contributed by atoms with Crippen LogP contribution in [-0.2, 0) is 0 Å². The molecule has 0 aromatic heterocycles. The molecule has 0 aliphatic rings. The van der Waals surface area contributed by atoms with Crippen LogP contribution in [0, 0.1) is 5.41 Å². The fourth-order valence-electron chi connectivity index (χ4n) is 0.612. The first-order valence-corrected chi connectivity index (χ1v) is 3.16. The molecule has 1 nitrogen and oxygen atoms in total. The Morgan fingerprint density at radius 3 is 1.75 bits per heavy atom. The highest BCUT2D eigenvalue weighted by molar-refractivity contribution is 4.70. The zero-order chi connectivity index (χ0) is 6.78. The van der Waals surface area contributed by atoms with E-state index in [2.05, 4.69) is 0 Å². The zero-order valence-electron chi connectivity index (χ0n) is 6.23. The van der Waals surface area contributed by atoms with Crippen LogP contribution < -0.4 is 0 Å². The summed E-state index contributed by atoms with van der Waals surface area (Å²) in [5.74, 6) is 0. The average molecular weight is 116 g/mol. The van der Waals surface area contributed by atoms with E-state index in [-0.39, 0.29) is 11.5 Å². The summed E-state index contributed by atoms with van der Waals surface area (Å²) >= 11 is 0. The van der Waals surface area contributed by atoms with Crippen molar-refractivity contribution < 1.29 is 5.11 Å². The van der Waals surface area contributed by atoms with Crippen molar-refractivity contribution in [2.75, 3.05) is 0 Å². The zero-order valence-corrected chi connectivity index (χ0v) is 6.23. The van der Waals surface area contributed by atoms with Gasteiger partial charge in [-0.25, -0.2) is 0 Å². The van der Waals surface area contributed by atoms with Crippen LogP contribution in [0.15, 0.2) is 0 Å². The monoisotopic (exact) mass is 116 g/mol. The van der Waals surface area contributed by atoms with Gasteiger partial charge in [0.2, 0.25) is 0 Å². The van der Waals surface area contributed by atoms with Gasteiger partial charge in [0.1, 0.15) is 0 Å². The van der Waals surface area contributed by atoms with Gasteiger partial charge < -0.3 is 5.11 Å². The molecule has 1 N–H and O–H groups in total. The lowest BCUT2D eigenvalue weighted by atomic mass is 9.88. The number of rotatable bonds is 1. The van der Waals surface area contributed by atoms with E-state index in [0.29, 0.717) is 0 Å². The first-order valence-electron chi connectivity index (χ1n) is 3.16. The molecule has 8 heavy (non-hydrogen) atoms. The Balaban J connectivity index is 3.62. The van der Waals surface area contributed by atoms with E-state index >= 15 is 0 Å². The quantitative estimate of drug-likeness (QED) is 0.554. The third-order valence-electron chi connectivity index (χ3n) is 1.39. The van der Waals surface area contributed by atoms with Gasteiger partial charge in [-0.1, -0.05) is 27.7 Å². The van der Waals surface area contributed by atoms with E-state index in [4.69, 9.17) is 0 Å². The average Bonchev–Trinajstić information content (AvgIpc) is 1.62. The fourth-order valence-corrected chi connectivity index (χ4v) is 0.612. The molecule has 0 aromatic rings. The van der Waals surface area contributed by atoms with Crippen LogP contribution in [0.25, 0.3) is 0 Å². The normalized spacial score (nSPS) is 16.1. The van der Waals surface area contributed by atoms with E-state index in [1.807, 2.05) is 27.7 Å². The summed E-state index contributed by atoms with van der Waals surface area (Å²) in [5.41, 5.74) is 0.0642. The van der Waals surface area contributed by atoms with Crippen LogP contribution >= 0.6 is 0 Å². The maximum atomic E-state index is 9.19. The molecule has 1 heteroatoms. The van der Waals surface area contributed by atoms with Crippen LogP contribution in [-0.4, -0.2) is 11.2 Å². The standard InChI is InChI=1S/C7H16O/c1-5-6(8)7(2,3)4/h6,8H,5H2,1-4H3/t6-/m1/s1. The summed E-state index contributed by atoms with van der Waals surface area (Å²) in [7, 11) is 0. The number of aliphatic hydroxyl groups is 1. The molecule has 0 rings (SSSR count). The van der Waals surface area contributed by atoms with Gasteiger partial charge in [0, 0.05) is 0 Å². The second kappa shape index (κ2) is 2.49. The summed E-state index contributed by atoms with van der Waals surface area (Å²) in [6, 6.07) is 0. The fraction of sp³-hybridized carbons (Fsp3) is 1.00. The molecule has 0 unspecified atom stereocenters. The second-order valence-corrected chi connectivity index (χ2v) is 3.29. The van der Waals surface area contributed by atoms with Crippen LogP contribution in [0.3, 0.4) is 0 Å². The smallest absolute Gasteiger partial charge is 0.0585 e. The minimum atomic E-state index is -0.150. The Kier molecular flexibility index (Phi) is 2.48. The van der Waals surface area contributed by atoms with E-state index in [1.165, 1.54) is 0 Å². The third kappa shape index (κ3) is 2.31. The topological polar surface area (TPSA) is 20.2 Å². The van der Waals surface area contributed by atoms with Gasteiger partial charge in [-0.3, -0.25) is 0 Å². The lowest BCUT2D eigenvalue weighted by Crippen LogP contribution is -2.24. The Morgan fingerprint density at radius 2 is 1.75 bits per heavy atom. The molecule has 1 atom stereocenters. The molecule has 0 saturated carbocycles. The van der Waals surface area contributed by atoms with E-state index in [0.717, 1.165) is 6.42 Å². The number of hydrogen-bond donors (Lipinski definition) is 1. The molecule has 0 bridgehead atoms. The molecule has 0 radical (unpaired) electrons. The summed E-state index contributed by atoms with van der Waals surface area (Å²) in [5, 5.41) is 9.19. The predicted octanol–water partition coefficient (Wildman–Crippen LogP) is 1.80. The summed E-state index contributed by atoms with van der Waals surface area (Å²) < 4.78 is 0. The molecule has 0 amide bonds. The van der Waals surface area contributed by atoms with Crippen molar-refractivity contribution in [2.45, 2.75) is 40.2 Å². The minimum absolute atomic E-state index is 0.0642. The summed E-state index contributed by atoms with van der Waals surface area (Å²) in [4.78, 5) is 0. The third-order valence-corrected chi connectivity index (χ3v) is 1.39. The minimum Gasteiger partial charge on any atom is -0.393 e. The summed E-state index contributed by atoms with van der Waals surface area (Å²) in [6.07, 6.45) is 0.700. The molecule has 0 fully saturated rings. The lowest BCUT2D eigenvalue weighted by Gasteiger charge is -2.24. The highest BCUT2D eigenvalue weighted by atomic mass is 16.3. The predicted molar refractivity (Wildman–Crippen MR) is 35.8 cm³/mol. The molecule has 0 aliphatic heterocycles. The number of aliphatic hydroxyl groups excluding tert-OH is 1. The van der Waals surface area contributed by atoms with E-state index < -0.39 is 0 Å². The van der Waals surface area contributed by atoms with Crippen molar-refractivity contribution in [3.8, 4) is 0 Å². The molecule has 50 valence electrons. The van der Waals surface area contributed by atoms with Gasteiger partial charge in [-0.15, -0.1) is 0 Å². The first-order chi connectivity index (χ1) is 3.48. The van der Waals surface area contributed by atoms with E-state index in [1.54, 1.807) is 0 Å². The van der Waals surface area contributed by atoms with Crippen LogP contribution in [0.5, 0.6) is 0 Å². The molecule has 0 aliphatic carbocycles. The maximum Gasteiger partial charge on any atom is 0.0585 e. The molecular formula is C7H16O. The van der Waals surface area contributed by atoms with Crippen LogP contribution in [0.4, 0.5) is 0 Å². The largest absolute Gasteiger partial charge is 0.393 e. The Hall–Kier alpha value is -0.0400. The molecule has 0 heterocycles. The number of hydrogen-bond acceptors (Lipinski definition) is 1. The van der Waals surface area contributed by atoms with Crippen molar-refractivity contribution in [1.82, 2.24) is 0 Å². The second-order valence-electron chi connectivity index (χ2n) is 3.29. The first kappa shape index (κ1) is 7.96. The van der Waals surface area contributed by atoms with Crippen LogP contribution in [0.2, 0.25) is 0 Å². The van der Waals surface area contributed by atoms with Crippen molar-refractivity contribution in [1.29, 1.82) is 0 Å². The van der Waals surface area contributed by atoms with Crippen molar-refractivity contribution in [2.24, 2.45) is 5.41 Å². The van der Waals surface area contributed by atoms with Crippen molar-refractivity contribution in [3.05, 3.63) is 0 Å². The maximum absolute atomic E-state index is 9.19. The van der Waals surface area contributed by atoms with Crippen molar-refractivity contribution in [3.63, 3.8) is 0 Å². The Morgan fingerprint density at radius 1 is 1.38 bits per heavy atom. The van der Waals surface area contributed by atoms with Gasteiger partial charge in [-0.2, -0.15) is 0 Å². The molecule has 0 spiro atoms. The van der Waals surface area contributed by atoms with E-state index in [9.17, 15) is 5.11 Å². The molecular weight excluding hydrogens is 100 g/mol. The summed E-state index contributed by atoms with van der Waals surface area (Å²) in [6.45, 7) is 8.12. The highest BCUT2D eigenvalue weighted by Crippen LogP contribution is 2.20.